The topological polar surface area (TPSA) is 162 Å². The van der Waals surface area contributed by atoms with Crippen LogP contribution in [0.4, 0.5) is 10.5 Å². The van der Waals surface area contributed by atoms with Gasteiger partial charge in [0.15, 0.2) is 0 Å². The number of aliphatic imine (C=N–C) groups is 1. The van der Waals surface area contributed by atoms with Gasteiger partial charge in [-0.25, -0.2) is 18.1 Å². The van der Waals surface area contributed by atoms with E-state index in [-0.39, 0.29) is 30.1 Å². The summed E-state index contributed by atoms with van der Waals surface area (Å²) in [6.45, 7) is 11.7. The number of morpholine rings is 1. The Morgan fingerprint density at radius 1 is 0.982 bits per heavy atom. The van der Waals surface area contributed by atoms with E-state index in [1.807, 2.05) is 95.3 Å². The number of nitrogens with zero attached hydrogens (tertiary/aromatic N) is 2. The number of ether oxygens (including phenoxy) is 2. The molecule has 3 amide bonds. The average molecular weight is 773 g/mol. The molecule has 3 aromatic rings. The molecular weight excluding hydrogens is 717 g/mol. The molecule has 1 heterocycles. The van der Waals surface area contributed by atoms with Crippen LogP contribution in [0.15, 0.2) is 76.6 Å². The van der Waals surface area contributed by atoms with Gasteiger partial charge < -0.3 is 25.4 Å². The van der Waals surface area contributed by atoms with Crippen molar-refractivity contribution < 1.29 is 28.1 Å². The molecule has 12 nitrogen and oxygen atoms in total. The molecule has 55 heavy (non-hydrogen) atoms. The molecule has 3 aromatic carbocycles. The monoisotopic (exact) mass is 772 g/mol. The maximum absolute atomic E-state index is 13.8. The number of amides is 3. The van der Waals surface area contributed by atoms with Crippen molar-refractivity contribution in [3.05, 3.63) is 83.4 Å². The molecule has 2 aliphatic rings. The first-order chi connectivity index (χ1) is 26.1. The Balaban J connectivity index is 1.28. The van der Waals surface area contributed by atoms with E-state index < -0.39 is 27.7 Å². The number of hydrogen-bond acceptors (Lipinski definition) is 8. The number of rotatable bonds is 12. The van der Waals surface area contributed by atoms with Crippen molar-refractivity contribution in [2.24, 2.45) is 16.8 Å². The van der Waals surface area contributed by atoms with Crippen LogP contribution in [0.2, 0.25) is 0 Å². The number of nitrogens with one attached hydrogen (secondary N) is 4. The second-order valence-electron chi connectivity index (χ2n) is 15.5. The summed E-state index contributed by atoms with van der Waals surface area (Å²) in [5.74, 6) is -0.480. The summed E-state index contributed by atoms with van der Waals surface area (Å²) >= 11 is 0. The molecule has 1 saturated heterocycles. The van der Waals surface area contributed by atoms with Crippen molar-refractivity contribution in [2.75, 3.05) is 45.2 Å². The lowest BCUT2D eigenvalue weighted by atomic mass is 9.81. The zero-order chi connectivity index (χ0) is 39.8. The van der Waals surface area contributed by atoms with Crippen LogP contribution in [0, 0.1) is 23.5 Å². The Morgan fingerprint density at radius 2 is 1.64 bits per heavy atom. The second-order valence-corrected chi connectivity index (χ2v) is 17.5. The third kappa shape index (κ3) is 11.5. The third-order valence-corrected chi connectivity index (χ3v) is 12.2. The van der Waals surface area contributed by atoms with Gasteiger partial charge in [0.05, 0.1) is 18.1 Å². The Hall–Kier alpha value is -4.59. The zero-order valence-electron chi connectivity index (χ0n) is 32.9. The summed E-state index contributed by atoms with van der Waals surface area (Å²) in [5.41, 5.74) is 5.50. The maximum Gasteiger partial charge on any atom is 0.407 e. The summed E-state index contributed by atoms with van der Waals surface area (Å²) in [6.07, 6.45) is 2.70. The van der Waals surface area contributed by atoms with Gasteiger partial charge in [0.1, 0.15) is 21.6 Å². The number of aryl methyl sites for hydroxylation is 1. The van der Waals surface area contributed by atoms with Gasteiger partial charge in [-0.2, -0.15) is 0 Å². The predicted molar refractivity (Wildman–Crippen MR) is 217 cm³/mol. The lowest BCUT2D eigenvalue weighted by molar-refractivity contribution is -0.130. The van der Waals surface area contributed by atoms with Crippen LogP contribution >= 0.6 is 0 Å². The highest BCUT2D eigenvalue weighted by Gasteiger charge is 2.31. The number of benzene rings is 3. The SMILES string of the molecule is CN=C(C)c1ccc(NC(=O)C(Cc2ccc(-c3cc(S(=N)(=O)N4CCOCC4)ccc3C)cc2)NC(=O)C2CCC(CNC(=O)OC(C)(C)C)CC2)cc1. The third-order valence-electron chi connectivity index (χ3n) is 10.3. The van der Waals surface area contributed by atoms with Crippen molar-refractivity contribution in [2.45, 2.75) is 83.3 Å². The largest absolute Gasteiger partial charge is 0.444 e. The molecule has 2 unspecified atom stereocenters. The number of carbonyl (C=O) groups excluding carboxylic acids is 3. The summed E-state index contributed by atoms with van der Waals surface area (Å²) in [7, 11) is -1.44. The highest BCUT2D eigenvalue weighted by molar-refractivity contribution is 7.90. The highest BCUT2D eigenvalue weighted by atomic mass is 32.2. The molecule has 0 radical (unpaired) electrons. The van der Waals surface area contributed by atoms with Gasteiger partial charge in [0.25, 0.3) is 0 Å². The number of alkyl carbamates (subject to hydrolysis) is 1. The molecule has 13 heteroatoms. The van der Waals surface area contributed by atoms with Crippen LogP contribution in [-0.2, 0) is 35.4 Å². The molecule has 1 saturated carbocycles. The van der Waals surface area contributed by atoms with E-state index >= 15 is 0 Å². The van der Waals surface area contributed by atoms with Crippen LogP contribution < -0.4 is 16.0 Å². The number of hydrogen-bond donors (Lipinski definition) is 4. The Kier molecular flexibility index (Phi) is 13.9. The molecule has 4 N–H and O–H groups in total. The zero-order valence-corrected chi connectivity index (χ0v) is 33.7. The fourth-order valence-corrected chi connectivity index (χ4v) is 8.41. The van der Waals surface area contributed by atoms with Crippen molar-refractivity contribution in [1.29, 1.82) is 4.78 Å². The lowest BCUT2D eigenvalue weighted by Gasteiger charge is -2.29. The van der Waals surface area contributed by atoms with Gasteiger partial charge in [0, 0.05) is 50.4 Å². The summed E-state index contributed by atoms with van der Waals surface area (Å²) in [6, 6.07) is 19.9. The van der Waals surface area contributed by atoms with Crippen molar-refractivity contribution in [1.82, 2.24) is 14.9 Å². The minimum absolute atomic E-state index is 0.160. The van der Waals surface area contributed by atoms with Crippen LogP contribution in [0.25, 0.3) is 11.1 Å². The highest BCUT2D eigenvalue weighted by Crippen LogP contribution is 2.31. The number of anilines is 1. The van der Waals surface area contributed by atoms with Gasteiger partial charge in [0.2, 0.25) is 11.8 Å². The molecule has 0 bridgehead atoms. The maximum atomic E-state index is 13.8. The predicted octanol–water partition coefficient (Wildman–Crippen LogP) is 6.75. The minimum Gasteiger partial charge on any atom is -0.444 e. The average Bonchev–Trinajstić information content (AvgIpc) is 3.17. The first-order valence-electron chi connectivity index (χ1n) is 19.1. The lowest BCUT2D eigenvalue weighted by Crippen LogP contribution is -2.48. The quantitative estimate of drug-likeness (QED) is 0.149. The molecule has 0 spiro atoms. The van der Waals surface area contributed by atoms with E-state index in [4.69, 9.17) is 14.3 Å². The smallest absolute Gasteiger partial charge is 0.407 e. The molecule has 1 aliphatic heterocycles. The molecule has 2 atom stereocenters. The Bertz CT molecular complexity index is 1940. The van der Waals surface area contributed by atoms with Gasteiger partial charge in [-0.1, -0.05) is 42.5 Å². The van der Waals surface area contributed by atoms with Crippen LogP contribution in [-0.4, -0.2) is 83.7 Å². The minimum atomic E-state index is -3.17. The van der Waals surface area contributed by atoms with Crippen molar-refractivity contribution in [3.8, 4) is 11.1 Å². The van der Waals surface area contributed by atoms with Crippen molar-refractivity contribution >= 4 is 39.2 Å². The van der Waals surface area contributed by atoms with Crippen LogP contribution in [0.5, 0.6) is 0 Å². The van der Waals surface area contributed by atoms with Crippen molar-refractivity contribution in [3.63, 3.8) is 0 Å². The van der Waals surface area contributed by atoms with Crippen LogP contribution in [0.3, 0.4) is 0 Å². The Labute approximate surface area is 326 Å². The van der Waals surface area contributed by atoms with E-state index in [0.717, 1.165) is 46.4 Å². The van der Waals surface area contributed by atoms with Gasteiger partial charge in [-0.15, -0.1) is 0 Å². The number of carbonyl (C=O) groups is 3. The standard InChI is InChI=1S/C42H56N6O6S/c1-28-7-20-36(55(43,52)48-21-23-53-24-22-48)26-37(28)33-12-8-30(9-13-33)25-38(40(50)46-35-18-16-32(17-19-35)29(2)44-6)47-39(49)34-14-10-31(11-15-34)27-45-41(51)54-42(3,4)5/h7-9,12-13,16-20,26,31,34,38,43H,10-11,14-15,21-25,27H2,1-6H3,(H,45,51)(H,46,50)(H,47,49). The molecule has 5 rings (SSSR count). The summed E-state index contributed by atoms with van der Waals surface area (Å²) < 4.78 is 34.8. The fourth-order valence-electron chi connectivity index (χ4n) is 6.92. The molecule has 0 aromatic heterocycles. The normalized spacial score (nSPS) is 19.8. The fraction of sp³-hybridized carbons (Fsp3) is 0.476. The molecule has 2 fully saturated rings. The van der Waals surface area contributed by atoms with E-state index in [1.54, 1.807) is 17.4 Å². The van der Waals surface area contributed by atoms with Gasteiger partial charge in [-0.05, 0) is 118 Å². The summed E-state index contributed by atoms with van der Waals surface area (Å²) in [5, 5.41) is 8.92. The molecule has 1 aliphatic carbocycles. The van der Waals surface area contributed by atoms with E-state index in [1.165, 1.54) is 0 Å². The van der Waals surface area contributed by atoms with Gasteiger partial charge >= 0.3 is 6.09 Å². The molecular formula is C42H56N6O6S. The first kappa shape index (κ1) is 41.6. The van der Waals surface area contributed by atoms with E-state index in [9.17, 15) is 18.6 Å². The van der Waals surface area contributed by atoms with Gasteiger partial charge in [-0.3, -0.25) is 14.6 Å². The summed E-state index contributed by atoms with van der Waals surface area (Å²) in [4.78, 5) is 44.4. The molecule has 296 valence electrons. The second kappa shape index (κ2) is 18.4. The van der Waals surface area contributed by atoms with Crippen LogP contribution in [0.1, 0.15) is 70.1 Å². The first-order valence-corrected chi connectivity index (χ1v) is 20.6. The van der Waals surface area contributed by atoms with E-state index in [0.29, 0.717) is 56.3 Å². The Morgan fingerprint density at radius 3 is 2.25 bits per heavy atom. The van der Waals surface area contributed by atoms with E-state index in [2.05, 4.69) is 20.9 Å².